The van der Waals surface area contributed by atoms with Crippen molar-refractivity contribution in [2.75, 3.05) is 47.5 Å². The van der Waals surface area contributed by atoms with Gasteiger partial charge in [0.05, 0.1) is 19.3 Å². The maximum atomic E-state index is 13.1. The highest BCUT2D eigenvalue weighted by Gasteiger charge is 2.30. The van der Waals surface area contributed by atoms with Crippen molar-refractivity contribution < 1.29 is 18.7 Å². The molecule has 0 radical (unpaired) electrons. The Hall–Kier alpha value is -1.50. The molecule has 5 nitrogen and oxygen atoms in total. The molecule has 1 heterocycles. The number of rotatable bonds is 7. The molecule has 0 bridgehead atoms. The first-order chi connectivity index (χ1) is 11.5. The molecule has 1 aromatic rings. The van der Waals surface area contributed by atoms with E-state index in [1.807, 2.05) is 23.9 Å². The number of likely N-dealkylation sites (N-methyl/N-ethyl adjacent to an activating group) is 1. The van der Waals surface area contributed by atoms with Crippen molar-refractivity contribution in [2.45, 2.75) is 25.0 Å². The molecular weight excluding hydrogens is 311 g/mol. The maximum Gasteiger partial charge on any atom is 0.244 e. The van der Waals surface area contributed by atoms with Gasteiger partial charge in [-0.3, -0.25) is 9.69 Å². The highest BCUT2D eigenvalue weighted by molar-refractivity contribution is 5.83. The van der Waals surface area contributed by atoms with E-state index in [-0.39, 0.29) is 17.8 Å². The van der Waals surface area contributed by atoms with Gasteiger partial charge in [-0.15, -0.1) is 0 Å². The average Bonchev–Trinajstić information content (AvgIpc) is 2.57. The third-order valence-corrected chi connectivity index (χ3v) is 4.33. The molecule has 0 aliphatic carbocycles. The van der Waals surface area contributed by atoms with Gasteiger partial charge in [0.15, 0.2) is 0 Å². The van der Waals surface area contributed by atoms with E-state index in [4.69, 9.17) is 9.47 Å². The Labute approximate surface area is 143 Å². The van der Waals surface area contributed by atoms with Gasteiger partial charge < -0.3 is 14.4 Å². The van der Waals surface area contributed by atoms with Gasteiger partial charge in [-0.05, 0) is 44.6 Å². The predicted octanol–water partition coefficient (Wildman–Crippen LogP) is 2.08. The zero-order chi connectivity index (χ0) is 17.5. The van der Waals surface area contributed by atoms with Gasteiger partial charge in [0.2, 0.25) is 5.91 Å². The highest BCUT2D eigenvalue weighted by atomic mass is 19.1. The first-order valence-electron chi connectivity index (χ1n) is 8.34. The SMILES string of the molecule is COCCOC1CCN(C(=O)[C@H](c2ccc(F)cc2)N(C)C)CC1. The molecule has 1 atom stereocenters. The molecule has 0 aromatic heterocycles. The lowest BCUT2D eigenvalue weighted by atomic mass is 10.0. The summed E-state index contributed by atoms with van der Waals surface area (Å²) in [7, 11) is 5.39. The molecular formula is C18H27FN2O3. The number of carbonyl (C=O) groups excluding carboxylic acids is 1. The molecule has 0 saturated carbocycles. The Kier molecular flexibility index (Phi) is 7.15. The molecule has 134 valence electrons. The monoisotopic (exact) mass is 338 g/mol. The van der Waals surface area contributed by atoms with E-state index in [1.165, 1.54) is 12.1 Å². The number of methoxy groups -OCH3 is 1. The van der Waals surface area contributed by atoms with E-state index in [2.05, 4.69) is 0 Å². The molecule has 1 saturated heterocycles. The number of nitrogens with zero attached hydrogens (tertiary/aromatic N) is 2. The van der Waals surface area contributed by atoms with E-state index in [0.29, 0.717) is 26.3 Å². The minimum absolute atomic E-state index is 0.0574. The van der Waals surface area contributed by atoms with Crippen molar-refractivity contribution in [3.05, 3.63) is 35.6 Å². The van der Waals surface area contributed by atoms with Crippen LogP contribution in [0.1, 0.15) is 24.4 Å². The molecule has 1 aromatic carbocycles. The van der Waals surface area contributed by atoms with E-state index >= 15 is 0 Å². The fraction of sp³-hybridized carbons (Fsp3) is 0.611. The van der Waals surface area contributed by atoms with E-state index in [1.54, 1.807) is 19.2 Å². The lowest BCUT2D eigenvalue weighted by Gasteiger charge is -2.36. The second-order valence-electron chi connectivity index (χ2n) is 6.31. The summed E-state index contributed by atoms with van der Waals surface area (Å²) in [5.74, 6) is -0.236. The second kappa shape index (κ2) is 9.11. The smallest absolute Gasteiger partial charge is 0.244 e. The molecule has 0 N–H and O–H groups in total. The van der Waals surface area contributed by atoms with E-state index in [0.717, 1.165) is 18.4 Å². The van der Waals surface area contributed by atoms with Gasteiger partial charge >= 0.3 is 0 Å². The Morgan fingerprint density at radius 2 is 1.88 bits per heavy atom. The van der Waals surface area contributed by atoms with Gasteiger partial charge in [-0.25, -0.2) is 4.39 Å². The Bertz CT molecular complexity index is 514. The van der Waals surface area contributed by atoms with Crippen molar-refractivity contribution in [2.24, 2.45) is 0 Å². The third kappa shape index (κ3) is 5.00. The second-order valence-corrected chi connectivity index (χ2v) is 6.31. The Morgan fingerprint density at radius 3 is 2.42 bits per heavy atom. The first-order valence-corrected chi connectivity index (χ1v) is 8.34. The number of hydrogen-bond acceptors (Lipinski definition) is 4. The molecule has 1 aliphatic heterocycles. The fourth-order valence-electron chi connectivity index (χ4n) is 3.02. The van der Waals surface area contributed by atoms with Crippen LogP contribution in [-0.4, -0.2) is 69.3 Å². The number of piperidine rings is 1. The summed E-state index contributed by atoms with van der Waals surface area (Å²) in [6.07, 6.45) is 1.85. The van der Waals surface area contributed by atoms with Crippen molar-refractivity contribution in [1.82, 2.24) is 9.80 Å². The highest BCUT2D eigenvalue weighted by Crippen LogP contribution is 2.24. The van der Waals surface area contributed by atoms with Gasteiger partial charge in [0.25, 0.3) is 0 Å². The zero-order valence-electron chi connectivity index (χ0n) is 14.7. The summed E-state index contributed by atoms with van der Waals surface area (Å²) < 4.78 is 23.9. The Balaban J connectivity index is 1.95. The summed E-state index contributed by atoms with van der Waals surface area (Å²) in [5.41, 5.74) is 0.810. The molecule has 1 amide bonds. The summed E-state index contributed by atoms with van der Waals surface area (Å²) in [6, 6.07) is 5.76. The fourth-order valence-corrected chi connectivity index (χ4v) is 3.02. The number of ether oxygens (including phenoxy) is 2. The molecule has 2 rings (SSSR count). The van der Waals surface area contributed by atoms with E-state index in [9.17, 15) is 9.18 Å². The van der Waals surface area contributed by atoms with Crippen LogP contribution in [0.3, 0.4) is 0 Å². The van der Waals surface area contributed by atoms with Gasteiger partial charge in [-0.2, -0.15) is 0 Å². The minimum Gasteiger partial charge on any atom is -0.382 e. The summed E-state index contributed by atoms with van der Waals surface area (Å²) in [5, 5.41) is 0. The van der Waals surface area contributed by atoms with Crippen molar-refractivity contribution >= 4 is 5.91 Å². The number of benzene rings is 1. The van der Waals surface area contributed by atoms with Crippen LogP contribution in [0.25, 0.3) is 0 Å². The quantitative estimate of drug-likeness (QED) is 0.714. The number of hydrogen-bond donors (Lipinski definition) is 0. The lowest BCUT2D eigenvalue weighted by Crippen LogP contribution is -2.46. The van der Waals surface area contributed by atoms with Crippen molar-refractivity contribution in [3.63, 3.8) is 0 Å². The number of amides is 1. The van der Waals surface area contributed by atoms with Gasteiger partial charge in [0, 0.05) is 20.2 Å². The van der Waals surface area contributed by atoms with E-state index < -0.39 is 6.04 Å². The molecule has 24 heavy (non-hydrogen) atoms. The van der Waals surface area contributed by atoms with Crippen LogP contribution in [0.4, 0.5) is 4.39 Å². The first kappa shape index (κ1) is 18.8. The number of likely N-dealkylation sites (tertiary alicyclic amines) is 1. The average molecular weight is 338 g/mol. The van der Waals surface area contributed by atoms with Crippen LogP contribution >= 0.6 is 0 Å². The van der Waals surface area contributed by atoms with Gasteiger partial charge in [0.1, 0.15) is 11.9 Å². The predicted molar refractivity (Wildman–Crippen MR) is 90.3 cm³/mol. The number of halogens is 1. The minimum atomic E-state index is -0.392. The van der Waals surface area contributed by atoms with Crippen molar-refractivity contribution in [1.29, 1.82) is 0 Å². The molecule has 6 heteroatoms. The Morgan fingerprint density at radius 1 is 1.25 bits per heavy atom. The summed E-state index contributed by atoms with van der Waals surface area (Å²) in [6.45, 7) is 2.54. The molecule has 1 aliphatic rings. The van der Waals surface area contributed by atoms with Crippen LogP contribution in [-0.2, 0) is 14.3 Å². The van der Waals surface area contributed by atoms with Crippen LogP contribution in [0.15, 0.2) is 24.3 Å². The largest absolute Gasteiger partial charge is 0.382 e. The topological polar surface area (TPSA) is 42.0 Å². The molecule has 1 fully saturated rings. The van der Waals surface area contributed by atoms with Gasteiger partial charge in [-0.1, -0.05) is 12.1 Å². The lowest BCUT2D eigenvalue weighted by molar-refractivity contribution is -0.139. The van der Waals surface area contributed by atoms with Crippen molar-refractivity contribution in [3.8, 4) is 0 Å². The standard InChI is InChI=1S/C18H27FN2O3/c1-20(2)17(14-4-6-15(19)7-5-14)18(22)21-10-8-16(9-11-21)24-13-12-23-3/h4-7,16-17H,8-13H2,1-3H3/t17-/m0/s1. The van der Waals surface area contributed by atoms with Crippen LogP contribution in [0, 0.1) is 5.82 Å². The normalized spacial score (nSPS) is 17.3. The summed E-state index contributed by atoms with van der Waals surface area (Å²) in [4.78, 5) is 16.7. The van der Waals surface area contributed by atoms with Crippen LogP contribution in [0.5, 0.6) is 0 Å². The van der Waals surface area contributed by atoms with Crippen LogP contribution < -0.4 is 0 Å². The third-order valence-electron chi connectivity index (χ3n) is 4.33. The van der Waals surface area contributed by atoms with Crippen LogP contribution in [0.2, 0.25) is 0 Å². The molecule has 0 spiro atoms. The zero-order valence-corrected chi connectivity index (χ0v) is 14.7. The maximum absolute atomic E-state index is 13.1. The summed E-state index contributed by atoms with van der Waals surface area (Å²) >= 11 is 0. The number of carbonyl (C=O) groups is 1. The molecule has 0 unspecified atom stereocenters.